The highest BCUT2D eigenvalue weighted by atomic mass is 16.3. The summed E-state index contributed by atoms with van der Waals surface area (Å²) in [6.45, 7) is 0. The number of benzene rings is 8. The lowest BCUT2D eigenvalue weighted by atomic mass is 10.0. The molecule has 262 valence electrons. The molecule has 0 unspecified atom stereocenters. The number of rotatable bonds is 6. The molecule has 11 rings (SSSR count). The first-order valence-electron chi connectivity index (χ1n) is 18.8. The van der Waals surface area contributed by atoms with Crippen molar-refractivity contribution in [2.24, 2.45) is 0 Å². The highest BCUT2D eigenvalue weighted by Crippen LogP contribution is 2.38. The topological polar surface area (TPSA) is 56.7 Å². The molecule has 0 saturated heterocycles. The highest BCUT2D eigenvalue weighted by molar-refractivity contribution is 6.11. The third-order valence-corrected chi connectivity index (χ3v) is 10.7. The van der Waals surface area contributed by atoms with Crippen LogP contribution in [0.5, 0.6) is 0 Å². The van der Waals surface area contributed by atoms with E-state index in [2.05, 4.69) is 126 Å². The van der Waals surface area contributed by atoms with Gasteiger partial charge in [-0.05, 0) is 70.8 Å². The molecule has 0 radical (unpaired) electrons. The Balaban J connectivity index is 0.970. The average molecular weight is 717 g/mol. The zero-order valence-electron chi connectivity index (χ0n) is 30.2. The number of furan rings is 1. The predicted octanol–water partition coefficient (Wildman–Crippen LogP) is 13.2. The molecule has 56 heavy (non-hydrogen) atoms. The number of para-hydroxylation sites is 2. The summed E-state index contributed by atoms with van der Waals surface area (Å²) in [5.74, 6) is 1.94. The van der Waals surface area contributed by atoms with E-state index >= 15 is 0 Å². The van der Waals surface area contributed by atoms with Gasteiger partial charge in [-0.3, -0.25) is 0 Å². The molecule has 0 spiro atoms. The molecule has 0 aliphatic carbocycles. The molecule has 8 aromatic carbocycles. The Kier molecular flexibility index (Phi) is 7.42. The van der Waals surface area contributed by atoms with Gasteiger partial charge in [0.25, 0.3) is 0 Å². The largest absolute Gasteiger partial charge is 0.456 e. The van der Waals surface area contributed by atoms with Gasteiger partial charge in [0, 0.05) is 43.9 Å². The maximum atomic E-state index is 6.12. The van der Waals surface area contributed by atoms with Gasteiger partial charge in [-0.1, -0.05) is 146 Å². The summed E-state index contributed by atoms with van der Waals surface area (Å²) in [5, 5.41) is 4.68. The first kappa shape index (κ1) is 31.9. The zero-order valence-corrected chi connectivity index (χ0v) is 30.2. The summed E-state index contributed by atoms with van der Waals surface area (Å²) in [4.78, 5) is 14.7. The molecule has 0 aliphatic heterocycles. The van der Waals surface area contributed by atoms with E-state index in [9.17, 15) is 0 Å². The monoisotopic (exact) mass is 716 g/mol. The van der Waals surface area contributed by atoms with Crippen LogP contribution in [0.3, 0.4) is 0 Å². The number of aromatic nitrogens is 4. The Bertz CT molecular complexity index is 3180. The molecular formula is C51H32N4O. The second kappa shape index (κ2) is 13.0. The Morgan fingerprint density at radius 3 is 1.52 bits per heavy atom. The van der Waals surface area contributed by atoms with Crippen LogP contribution in [0.1, 0.15) is 0 Å². The van der Waals surface area contributed by atoms with Gasteiger partial charge in [0.05, 0.1) is 11.0 Å². The van der Waals surface area contributed by atoms with Crippen LogP contribution in [0.15, 0.2) is 199 Å². The van der Waals surface area contributed by atoms with Gasteiger partial charge in [0.2, 0.25) is 0 Å². The third-order valence-electron chi connectivity index (χ3n) is 10.7. The molecule has 0 atom stereocenters. The summed E-state index contributed by atoms with van der Waals surface area (Å²) in [6.07, 6.45) is 0. The Labute approximate surface area is 322 Å². The quantitative estimate of drug-likeness (QED) is 0.172. The van der Waals surface area contributed by atoms with Gasteiger partial charge in [0.1, 0.15) is 11.2 Å². The van der Waals surface area contributed by atoms with Crippen LogP contribution in [0.25, 0.3) is 106 Å². The Morgan fingerprint density at radius 2 is 0.786 bits per heavy atom. The fraction of sp³-hybridized carbons (Fsp3) is 0. The highest BCUT2D eigenvalue weighted by Gasteiger charge is 2.16. The van der Waals surface area contributed by atoms with E-state index in [0.29, 0.717) is 17.5 Å². The van der Waals surface area contributed by atoms with Crippen LogP contribution in [-0.4, -0.2) is 19.5 Å². The number of hydrogen-bond acceptors (Lipinski definition) is 4. The lowest BCUT2D eigenvalue weighted by molar-refractivity contribution is 0.669. The van der Waals surface area contributed by atoms with E-state index in [1.165, 1.54) is 16.3 Å². The Hall–Kier alpha value is -7.63. The fourth-order valence-corrected chi connectivity index (χ4v) is 7.91. The van der Waals surface area contributed by atoms with Crippen molar-refractivity contribution in [1.29, 1.82) is 0 Å². The predicted molar refractivity (Wildman–Crippen MR) is 229 cm³/mol. The summed E-state index contributed by atoms with van der Waals surface area (Å²) < 4.78 is 8.49. The van der Waals surface area contributed by atoms with Gasteiger partial charge in [-0.25, -0.2) is 15.0 Å². The van der Waals surface area contributed by atoms with Crippen molar-refractivity contribution in [2.75, 3.05) is 0 Å². The van der Waals surface area contributed by atoms with E-state index in [-0.39, 0.29) is 0 Å². The van der Waals surface area contributed by atoms with Crippen LogP contribution < -0.4 is 0 Å². The van der Waals surface area contributed by atoms with Crippen molar-refractivity contribution in [3.05, 3.63) is 194 Å². The van der Waals surface area contributed by atoms with Crippen LogP contribution in [0, 0.1) is 0 Å². The number of hydrogen-bond donors (Lipinski definition) is 0. The Morgan fingerprint density at radius 1 is 0.304 bits per heavy atom. The number of fused-ring (bicyclic) bond motifs is 6. The third kappa shape index (κ3) is 5.45. The lowest BCUT2D eigenvalue weighted by Crippen LogP contribution is -2.00. The second-order valence-corrected chi connectivity index (χ2v) is 14.1. The van der Waals surface area contributed by atoms with Gasteiger partial charge >= 0.3 is 0 Å². The van der Waals surface area contributed by atoms with Gasteiger partial charge in [-0.15, -0.1) is 0 Å². The number of nitrogens with zero attached hydrogens (tertiary/aromatic N) is 4. The molecule has 3 aromatic heterocycles. The standard InChI is InChI=1S/C51H32N4O/c1-3-12-34(13-4-1)49-52-50(35-14-5-2-6-15-35)54-51(53-49)36-24-22-33(23-25-36)38-26-28-46-43(31-38)41-18-7-9-20-45(41)55(46)40-17-11-16-37(30-40)39-27-29-48-44(32-39)42-19-8-10-21-47(42)56-48/h1-32H. The molecule has 5 nitrogen and oxygen atoms in total. The molecule has 0 aliphatic rings. The molecule has 3 heterocycles. The first-order valence-corrected chi connectivity index (χ1v) is 18.8. The average Bonchev–Trinajstić information content (AvgIpc) is 3.82. The molecule has 0 bridgehead atoms. The van der Waals surface area contributed by atoms with Crippen molar-refractivity contribution < 1.29 is 4.42 Å². The van der Waals surface area contributed by atoms with Crippen LogP contribution in [-0.2, 0) is 0 Å². The van der Waals surface area contributed by atoms with Gasteiger partial charge in [0.15, 0.2) is 17.5 Å². The van der Waals surface area contributed by atoms with Crippen LogP contribution in [0.4, 0.5) is 0 Å². The molecule has 0 N–H and O–H groups in total. The summed E-state index contributed by atoms with van der Waals surface area (Å²) >= 11 is 0. The SMILES string of the molecule is c1ccc(-c2nc(-c3ccccc3)nc(-c3ccc(-c4ccc5c(c4)c4ccccc4n5-c4cccc(-c5ccc6oc7ccccc7c6c5)c4)cc3)n2)cc1. The van der Waals surface area contributed by atoms with Gasteiger partial charge in [-0.2, -0.15) is 0 Å². The van der Waals surface area contributed by atoms with Crippen molar-refractivity contribution in [3.63, 3.8) is 0 Å². The van der Waals surface area contributed by atoms with E-state index < -0.39 is 0 Å². The summed E-state index contributed by atoms with van der Waals surface area (Å²) in [7, 11) is 0. The van der Waals surface area contributed by atoms with Crippen molar-refractivity contribution in [2.45, 2.75) is 0 Å². The van der Waals surface area contributed by atoms with Crippen molar-refractivity contribution in [3.8, 4) is 62.1 Å². The molecular weight excluding hydrogens is 685 g/mol. The maximum Gasteiger partial charge on any atom is 0.164 e. The van der Waals surface area contributed by atoms with Crippen molar-refractivity contribution >= 4 is 43.7 Å². The first-order chi connectivity index (χ1) is 27.7. The van der Waals surface area contributed by atoms with E-state index in [1.807, 2.05) is 72.8 Å². The smallest absolute Gasteiger partial charge is 0.164 e. The maximum absolute atomic E-state index is 6.12. The molecule has 5 heteroatoms. The minimum Gasteiger partial charge on any atom is -0.456 e. The molecule has 0 saturated carbocycles. The fourth-order valence-electron chi connectivity index (χ4n) is 7.91. The molecule has 11 aromatic rings. The van der Waals surface area contributed by atoms with E-state index in [1.54, 1.807) is 0 Å². The van der Waals surface area contributed by atoms with E-state index in [0.717, 1.165) is 72.1 Å². The summed E-state index contributed by atoms with van der Waals surface area (Å²) in [5.41, 5.74) is 12.7. The zero-order chi connectivity index (χ0) is 37.0. The van der Waals surface area contributed by atoms with Crippen molar-refractivity contribution in [1.82, 2.24) is 19.5 Å². The van der Waals surface area contributed by atoms with Crippen LogP contribution >= 0.6 is 0 Å². The minimum absolute atomic E-state index is 0.642. The lowest BCUT2D eigenvalue weighted by Gasteiger charge is -2.11. The van der Waals surface area contributed by atoms with E-state index in [4.69, 9.17) is 19.4 Å². The minimum atomic E-state index is 0.642. The van der Waals surface area contributed by atoms with Gasteiger partial charge < -0.3 is 8.98 Å². The normalized spacial score (nSPS) is 11.6. The molecule has 0 fully saturated rings. The second-order valence-electron chi connectivity index (χ2n) is 14.1. The van der Waals surface area contributed by atoms with Crippen LogP contribution in [0.2, 0.25) is 0 Å². The molecule has 0 amide bonds. The summed E-state index contributed by atoms with van der Waals surface area (Å²) in [6, 6.07) is 67.7.